The third-order valence-electron chi connectivity index (χ3n) is 11.1. The van der Waals surface area contributed by atoms with Gasteiger partial charge in [-0.1, -0.05) is 64.2 Å². The molecule has 1 aliphatic rings. The molecule has 0 fully saturated rings. The summed E-state index contributed by atoms with van der Waals surface area (Å²) in [6, 6.07) is 12.2. The molecule has 0 spiro atoms. The fourth-order valence-corrected chi connectivity index (χ4v) is 7.79. The molecule has 0 saturated heterocycles. The Morgan fingerprint density at radius 2 is 1.51 bits per heavy atom. The molecule has 0 saturated carbocycles. The maximum absolute atomic E-state index is 15.5. The number of fused-ring (bicyclic) bond motifs is 5. The number of carbonyl (C=O) groups excluding carboxylic acids is 4. The number of carboxylic acids is 1. The van der Waals surface area contributed by atoms with Gasteiger partial charge in [-0.05, 0) is 85.3 Å². The minimum absolute atomic E-state index is 0.0688. The third-order valence-corrected chi connectivity index (χ3v) is 11.1. The van der Waals surface area contributed by atoms with E-state index in [2.05, 4.69) is 12.2 Å². The van der Waals surface area contributed by atoms with Crippen LogP contribution >= 0.6 is 0 Å². The highest BCUT2D eigenvalue weighted by atomic mass is 19.1. The van der Waals surface area contributed by atoms with Gasteiger partial charge in [0.2, 0.25) is 11.8 Å². The predicted octanol–water partition coefficient (Wildman–Crippen LogP) is 5.92. The lowest BCUT2D eigenvalue weighted by atomic mass is 9.88. The number of hydrogen-bond donors (Lipinski definition) is 5. The Morgan fingerprint density at radius 3 is 2.15 bits per heavy atom. The number of rotatable bonds is 22. The van der Waals surface area contributed by atoms with E-state index in [0.717, 1.165) is 31.2 Å². The first-order chi connectivity index (χ1) is 29.3. The zero-order chi connectivity index (χ0) is 44.5. The Morgan fingerprint density at radius 1 is 0.852 bits per heavy atom. The molecule has 61 heavy (non-hydrogen) atoms. The highest BCUT2D eigenvalue weighted by molar-refractivity contribution is 6.00. The van der Waals surface area contributed by atoms with E-state index in [9.17, 15) is 29.1 Å². The van der Waals surface area contributed by atoms with Crippen LogP contribution in [-0.4, -0.2) is 85.3 Å². The summed E-state index contributed by atoms with van der Waals surface area (Å²) in [5.74, 6) is -5.29. The molecular weight excluding hydrogens is 782 g/mol. The summed E-state index contributed by atoms with van der Waals surface area (Å²) < 4.78 is 27.6. The normalized spacial score (nSPS) is 17.2. The number of nitrogens with one attached hydrogen (secondary N) is 1. The zero-order valence-corrected chi connectivity index (χ0v) is 35.9. The smallest absolute Gasteiger partial charge is 0.326 e. The van der Waals surface area contributed by atoms with Crippen LogP contribution in [0.15, 0.2) is 54.6 Å². The number of benzene rings is 3. The van der Waals surface area contributed by atoms with Gasteiger partial charge in [-0.2, -0.15) is 0 Å². The minimum atomic E-state index is -1.32. The van der Waals surface area contributed by atoms with Crippen molar-refractivity contribution >= 4 is 29.4 Å². The quantitative estimate of drug-likeness (QED) is 0.0591. The largest absolute Gasteiger partial charge is 0.492 e. The Labute approximate surface area is 358 Å². The van der Waals surface area contributed by atoms with Gasteiger partial charge in [-0.15, -0.1) is 0 Å². The molecule has 0 radical (unpaired) electrons. The number of aryl methyl sites for hydroxylation is 1. The summed E-state index contributed by atoms with van der Waals surface area (Å²) in [7, 11) is 1.46. The summed E-state index contributed by atoms with van der Waals surface area (Å²) in [6.07, 6.45) is 7.18. The number of Topliss-reactive ketones (excluding diaryl/α,β-unsaturated/α-hetero) is 2. The summed E-state index contributed by atoms with van der Waals surface area (Å²) in [5.41, 5.74) is 20.1. The average molecular weight is 846 g/mol. The Kier molecular flexibility index (Phi) is 19.3. The van der Waals surface area contributed by atoms with Gasteiger partial charge in [0.25, 0.3) is 0 Å². The van der Waals surface area contributed by atoms with Crippen molar-refractivity contribution in [2.45, 2.75) is 103 Å². The second-order valence-corrected chi connectivity index (χ2v) is 16.0. The number of ether oxygens (including phenoxy) is 2. The fraction of sp³-hybridized carbons (Fsp3) is 0.511. The number of carbonyl (C=O) groups is 5. The van der Waals surface area contributed by atoms with Crippen LogP contribution < -0.4 is 32.0 Å². The van der Waals surface area contributed by atoms with Crippen LogP contribution in [0.2, 0.25) is 0 Å². The summed E-state index contributed by atoms with van der Waals surface area (Å²) in [4.78, 5) is 70.1. The van der Waals surface area contributed by atoms with Gasteiger partial charge in [0, 0.05) is 62.4 Å². The molecular formula is C47H64FN5O8. The molecule has 0 unspecified atom stereocenters. The number of nitrogens with two attached hydrogens (primary N) is 3. The molecule has 1 heterocycles. The zero-order valence-electron chi connectivity index (χ0n) is 35.9. The number of nitrogens with zero attached hydrogens (tertiary/aromatic N) is 1. The molecule has 8 N–H and O–H groups in total. The monoisotopic (exact) mass is 845 g/mol. The second kappa shape index (κ2) is 24.3. The molecule has 4 atom stereocenters. The number of amides is 2. The molecule has 0 aromatic heterocycles. The number of carboxylic acid groups (broad SMARTS) is 1. The number of likely N-dealkylation sites (N-methyl/N-ethyl adjacent to an activating group) is 1. The second-order valence-electron chi connectivity index (χ2n) is 16.0. The maximum atomic E-state index is 15.5. The molecule has 2 amide bonds. The average Bonchev–Trinajstić information content (AvgIpc) is 3.24. The Bertz CT molecular complexity index is 1970. The van der Waals surface area contributed by atoms with Gasteiger partial charge in [-0.25, -0.2) is 9.18 Å². The Balaban J connectivity index is 1.76. The number of hydrogen-bond acceptors (Lipinski definition) is 10. The highest BCUT2D eigenvalue weighted by Crippen LogP contribution is 2.41. The van der Waals surface area contributed by atoms with E-state index in [0.29, 0.717) is 46.6 Å². The summed E-state index contributed by atoms with van der Waals surface area (Å²) in [5, 5.41) is 12.7. The predicted molar refractivity (Wildman–Crippen MR) is 233 cm³/mol. The first-order valence-electron chi connectivity index (χ1n) is 21.6. The van der Waals surface area contributed by atoms with Crippen LogP contribution in [0, 0.1) is 17.7 Å². The summed E-state index contributed by atoms with van der Waals surface area (Å²) in [6.45, 7) is 4.63. The van der Waals surface area contributed by atoms with E-state index < -0.39 is 59.1 Å². The maximum Gasteiger partial charge on any atom is 0.326 e. The van der Waals surface area contributed by atoms with E-state index in [-0.39, 0.29) is 64.1 Å². The van der Waals surface area contributed by atoms with Gasteiger partial charge in [-0.3, -0.25) is 19.2 Å². The first kappa shape index (κ1) is 48.5. The van der Waals surface area contributed by atoms with Crippen molar-refractivity contribution in [2.24, 2.45) is 29.0 Å². The number of halogens is 1. The molecule has 4 rings (SSSR count). The van der Waals surface area contributed by atoms with E-state index in [1.54, 1.807) is 42.5 Å². The van der Waals surface area contributed by atoms with Gasteiger partial charge < -0.3 is 42.0 Å². The van der Waals surface area contributed by atoms with Crippen molar-refractivity contribution in [1.82, 2.24) is 10.2 Å². The first-order valence-corrected chi connectivity index (χ1v) is 21.6. The lowest BCUT2D eigenvalue weighted by Gasteiger charge is -2.32. The molecule has 3 aromatic carbocycles. The van der Waals surface area contributed by atoms with E-state index in [1.807, 2.05) is 0 Å². The molecule has 332 valence electrons. The van der Waals surface area contributed by atoms with Gasteiger partial charge in [0.05, 0.1) is 5.56 Å². The molecule has 4 bridgehead atoms. The van der Waals surface area contributed by atoms with Gasteiger partial charge in [0.15, 0.2) is 11.6 Å². The van der Waals surface area contributed by atoms with Gasteiger partial charge in [0.1, 0.15) is 42.6 Å². The van der Waals surface area contributed by atoms with Crippen LogP contribution in [0.25, 0.3) is 11.1 Å². The molecule has 14 heteroatoms. The lowest BCUT2D eigenvalue weighted by molar-refractivity contribution is -0.144. The van der Waals surface area contributed by atoms with Crippen LogP contribution in [0.3, 0.4) is 0 Å². The third kappa shape index (κ3) is 13.7. The number of ketones is 2. The van der Waals surface area contributed by atoms with Crippen LogP contribution in [0.1, 0.15) is 111 Å². The Hall–Kier alpha value is -5.18. The van der Waals surface area contributed by atoms with Crippen molar-refractivity contribution in [3.63, 3.8) is 0 Å². The SMILES string of the molecule is CCCCCCCCc1ccc(C(=O)C[C@@H](CCCN)C(=O)N(C)[C@@H]2C(=O)C[C@@H](C)C(=O)N[C@H](C(=O)O)Cc3ccc(OCCN)c(c3)-c3cc2ccc3OCCN)c(F)c1. The van der Waals surface area contributed by atoms with Gasteiger partial charge >= 0.3 is 5.97 Å². The van der Waals surface area contributed by atoms with E-state index >= 15 is 4.39 Å². The van der Waals surface area contributed by atoms with Crippen LogP contribution in [0.4, 0.5) is 4.39 Å². The van der Waals surface area contributed by atoms with Crippen molar-refractivity contribution in [3.05, 3.63) is 82.7 Å². The summed E-state index contributed by atoms with van der Waals surface area (Å²) >= 11 is 0. The van der Waals surface area contributed by atoms with E-state index in [4.69, 9.17) is 26.7 Å². The fourth-order valence-electron chi connectivity index (χ4n) is 7.79. The number of aliphatic carboxylic acids is 1. The van der Waals surface area contributed by atoms with Crippen LogP contribution in [0.5, 0.6) is 11.5 Å². The lowest BCUT2D eigenvalue weighted by Crippen LogP contribution is -2.45. The molecule has 3 aromatic rings. The molecule has 13 nitrogen and oxygen atoms in total. The highest BCUT2D eigenvalue weighted by Gasteiger charge is 2.36. The topological polar surface area (TPSA) is 217 Å². The molecule has 1 aliphatic heterocycles. The van der Waals surface area contributed by atoms with Crippen LogP contribution in [-0.2, 0) is 32.0 Å². The van der Waals surface area contributed by atoms with Crippen molar-refractivity contribution in [1.29, 1.82) is 0 Å². The van der Waals surface area contributed by atoms with E-state index in [1.165, 1.54) is 43.8 Å². The minimum Gasteiger partial charge on any atom is -0.492 e. The van der Waals surface area contributed by atoms with Crippen molar-refractivity contribution in [2.75, 3.05) is 39.9 Å². The molecule has 0 aliphatic carbocycles. The number of unbranched alkanes of at least 4 members (excludes halogenated alkanes) is 5. The van der Waals surface area contributed by atoms with Crippen molar-refractivity contribution < 1.29 is 42.9 Å². The standard InChI is InChI=1S/C47H64FN5O8/c1-4-5-6-7-8-9-11-31-13-16-35(38(48)26-31)40(54)29-34(12-10-19-49)46(57)53(3)44-33-15-18-43(61-23-21-51)37(28-33)36-25-32(14-17-42(36)60-22-20-50)27-39(47(58)59)52-45(56)30(2)24-41(44)55/h13-18,25-26,28,30,34,39,44H,4-12,19-24,27,29,49-51H2,1-3H3,(H,52,56)(H,58,59)/t30-,34-,39+,44+/m1/s1. The van der Waals surface area contributed by atoms with Crippen molar-refractivity contribution in [3.8, 4) is 22.6 Å².